The van der Waals surface area contributed by atoms with E-state index in [1.54, 1.807) is 0 Å². The minimum Gasteiger partial charge on any atom is -0.316 e. The highest BCUT2D eigenvalue weighted by Gasteiger charge is 2.28. The van der Waals surface area contributed by atoms with Gasteiger partial charge in [-0.1, -0.05) is 34.6 Å². The van der Waals surface area contributed by atoms with Gasteiger partial charge in [-0.2, -0.15) is 0 Å². The van der Waals surface area contributed by atoms with Crippen LogP contribution in [-0.4, -0.2) is 37.6 Å². The van der Waals surface area contributed by atoms with Crippen LogP contribution in [0.25, 0.3) is 0 Å². The van der Waals surface area contributed by atoms with Gasteiger partial charge < -0.3 is 10.2 Å². The summed E-state index contributed by atoms with van der Waals surface area (Å²) in [6, 6.07) is 0.624. The maximum Gasteiger partial charge on any atom is 0.0125 e. The van der Waals surface area contributed by atoms with Crippen molar-refractivity contribution in [2.75, 3.05) is 26.7 Å². The Bertz CT molecular complexity index is 197. The van der Waals surface area contributed by atoms with Crippen molar-refractivity contribution in [1.82, 2.24) is 10.2 Å². The summed E-state index contributed by atoms with van der Waals surface area (Å²) >= 11 is 0. The van der Waals surface area contributed by atoms with E-state index in [-0.39, 0.29) is 0 Å². The van der Waals surface area contributed by atoms with E-state index in [2.05, 4.69) is 51.9 Å². The molecular formula is C14H30N2. The van der Waals surface area contributed by atoms with Crippen molar-refractivity contribution in [3.05, 3.63) is 0 Å². The molecule has 96 valence electrons. The van der Waals surface area contributed by atoms with Crippen molar-refractivity contribution in [2.45, 2.75) is 47.1 Å². The van der Waals surface area contributed by atoms with Gasteiger partial charge in [-0.25, -0.2) is 0 Å². The molecule has 1 N–H and O–H groups in total. The summed E-state index contributed by atoms with van der Waals surface area (Å²) in [5.41, 5.74) is 0.367. The molecule has 3 unspecified atom stereocenters. The van der Waals surface area contributed by atoms with Gasteiger partial charge in [0.15, 0.2) is 0 Å². The average molecular weight is 226 g/mol. The molecule has 16 heavy (non-hydrogen) atoms. The predicted octanol–water partition coefficient (Wildman–Crippen LogP) is 2.60. The lowest BCUT2D eigenvalue weighted by molar-refractivity contribution is 0.226. The zero-order valence-corrected chi connectivity index (χ0v) is 12.0. The Kier molecular flexibility index (Phi) is 4.81. The van der Waals surface area contributed by atoms with Crippen molar-refractivity contribution in [1.29, 1.82) is 0 Å². The summed E-state index contributed by atoms with van der Waals surface area (Å²) in [6.45, 7) is 15.6. The lowest BCUT2D eigenvalue weighted by Crippen LogP contribution is -2.40. The van der Waals surface area contributed by atoms with Gasteiger partial charge in [-0.05, 0) is 37.3 Å². The number of likely N-dealkylation sites (tertiary alicyclic amines) is 1. The summed E-state index contributed by atoms with van der Waals surface area (Å²) < 4.78 is 0. The zero-order chi connectivity index (χ0) is 12.3. The quantitative estimate of drug-likeness (QED) is 0.792. The van der Waals surface area contributed by atoms with Crippen LogP contribution < -0.4 is 5.32 Å². The van der Waals surface area contributed by atoms with Gasteiger partial charge >= 0.3 is 0 Å². The van der Waals surface area contributed by atoms with Crippen LogP contribution in [0.4, 0.5) is 0 Å². The van der Waals surface area contributed by atoms with Crippen molar-refractivity contribution in [2.24, 2.45) is 17.3 Å². The molecule has 1 aliphatic rings. The van der Waals surface area contributed by atoms with Crippen LogP contribution in [0, 0.1) is 17.3 Å². The fourth-order valence-corrected chi connectivity index (χ4v) is 2.75. The second kappa shape index (κ2) is 5.50. The number of nitrogens with zero attached hydrogens (tertiary/aromatic N) is 1. The predicted molar refractivity (Wildman–Crippen MR) is 71.7 cm³/mol. The third kappa shape index (κ3) is 3.74. The molecule has 3 atom stereocenters. The smallest absolute Gasteiger partial charge is 0.0125 e. The molecule has 1 heterocycles. The van der Waals surface area contributed by atoms with Crippen LogP contribution in [0.2, 0.25) is 0 Å². The fourth-order valence-electron chi connectivity index (χ4n) is 2.75. The third-order valence-corrected chi connectivity index (χ3v) is 4.19. The molecule has 0 bridgehead atoms. The van der Waals surface area contributed by atoms with Gasteiger partial charge in [0.1, 0.15) is 0 Å². The van der Waals surface area contributed by atoms with Crippen LogP contribution in [0.3, 0.4) is 0 Å². The van der Waals surface area contributed by atoms with Gasteiger partial charge in [-0.15, -0.1) is 0 Å². The maximum atomic E-state index is 3.46. The first kappa shape index (κ1) is 14.0. The Morgan fingerprint density at radius 3 is 2.06 bits per heavy atom. The van der Waals surface area contributed by atoms with Gasteiger partial charge in [0.25, 0.3) is 0 Å². The molecular weight excluding hydrogens is 196 g/mol. The van der Waals surface area contributed by atoms with Gasteiger partial charge in [-0.3, -0.25) is 0 Å². The second-order valence-electron chi connectivity index (χ2n) is 6.71. The molecule has 0 saturated carbocycles. The van der Waals surface area contributed by atoms with E-state index in [1.807, 2.05) is 0 Å². The molecule has 0 spiro atoms. The van der Waals surface area contributed by atoms with Crippen molar-refractivity contribution < 1.29 is 0 Å². The maximum absolute atomic E-state index is 3.46. The Labute approximate surface area is 102 Å². The number of hydrogen-bond acceptors (Lipinski definition) is 2. The van der Waals surface area contributed by atoms with Crippen LogP contribution in [-0.2, 0) is 0 Å². The molecule has 1 aliphatic heterocycles. The topological polar surface area (TPSA) is 15.3 Å². The molecule has 1 fully saturated rings. The van der Waals surface area contributed by atoms with Crippen LogP contribution in [0.5, 0.6) is 0 Å². The molecule has 1 rings (SSSR count). The molecule has 1 saturated heterocycles. The van der Waals surface area contributed by atoms with Crippen LogP contribution in [0.15, 0.2) is 0 Å². The van der Waals surface area contributed by atoms with Gasteiger partial charge in [0.05, 0.1) is 0 Å². The summed E-state index contributed by atoms with van der Waals surface area (Å²) in [5, 5.41) is 3.46. The largest absolute Gasteiger partial charge is 0.316 e. The highest BCUT2D eigenvalue weighted by molar-refractivity contribution is 4.83. The van der Waals surface area contributed by atoms with Crippen LogP contribution in [0.1, 0.15) is 41.0 Å². The second-order valence-corrected chi connectivity index (χ2v) is 6.71. The monoisotopic (exact) mass is 226 g/mol. The van der Waals surface area contributed by atoms with E-state index < -0.39 is 0 Å². The van der Waals surface area contributed by atoms with Crippen molar-refractivity contribution in [3.63, 3.8) is 0 Å². The lowest BCUT2D eigenvalue weighted by Gasteiger charge is -2.32. The first-order valence-electron chi connectivity index (χ1n) is 6.74. The van der Waals surface area contributed by atoms with E-state index in [0.717, 1.165) is 11.8 Å². The molecule has 2 nitrogen and oxygen atoms in total. The van der Waals surface area contributed by atoms with E-state index in [0.29, 0.717) is 11.5 Å². The Morgan fingerprint density at radius 1 is 1.19 bits per heavy atom. The van der Waals surface area contributed by atoms with Gasteiger partial charge in [0, 0.05) is 19.1 Å². The highest BCUT2D eigenvalue weighted by atomic mass is 15.2. The SMILES string of the molecule is CNC(CCN1CC(C)C(C)C1)C(C)(C)C. The third-order valence-electron chi connectivity index (χ3n) is 4.19. The lowest BCUT2D eigenvalue weighted by atomic mass is 9.85. The Balaban J connectivity index is 2.34. The molecule has 0 radical (unpaired) electrons. The highest BCUT2D eigenvalue weighted by Crippen LogP contribution is 2.25. The number of nitrogens with one attached hydrogen (secondary N) is 1. The normalized spacial score (nSPS) is 29.6. The molecule has 0 aromatic heterocycles. The molecule has 0 amide bonds. The summed E-state index contributed by atoms with van der Waals surface area (Å²) in [6.07, 6.45) is 1.26. The minimum atomic E-state index is 0.367. The summed E-state index contributed by atoms with van der Waals surface area (Å²) in [5.74, 6) is 1.75. The number of rotatable bonds is 4. The van der Waals surface area contributed by atoms with E-state index in [4.69, 9.17) is 0 Å². The fraction of sp³-hybridized carbons (Fsp3) is 1.00. The summed E-state index contributed by atoms with van der Waals surface area (Å²) in [4.78, 5) is 2.63. The average Bonchev–Trinajstić information content (AvgIpc) is 2.45. The zero-order valence-electron chi connectivity index (χ0n) is 12.0. The summed E-state index contributed by atoms with van der Waals surface area (Å²) in [7, 11) is 2.09. The minimum absolute atomic E-state index is 0.367. The first-order chi connectivity index (χ1) is 7.34. The van der Waals surface area contributed by atoms with E-state index in [1.165, 1.54) is 26.1 Å². The van der Waals surface area contributed by atoms with Gasteiger partial charge in [0.2, 0.25) is 0 Å². The molecule has 0 aromatic rings. The van der Waals surface area contributed by atoms with Crippen LogP contribution >= 0.6 is 0 Å². The Morgan fingerprint density at radius 2 is 1.69 bits per heavy atom. The molecule has 0 aromatic carbocycles. The Hall–Kier alpha value is -0.0800. The molecule has 0 aliphatic carbocycles. The van der Waals surface area contributed by atoms with E-state index >= 15 is 0 Å². The first-order valence-corrected chi connectivity index (χ1v) is 6.74. The standard InChI is InChI=1S/C14H30N2/c1-11-9-16(10-12(11)2)8-7-13(15-6)14(3,4)5/h11-13,15H,7-10H2,1-6H3. The van der Waals surface area contributed by atoms with Crippen molar-refractivity contribution in [3.8, 4) is 0 Å². The number of hydrogen-bond donors (Lipinski definition) is 1. The molecule has 2 heteroatoms. The van der Waals surface area contributed by atoms with E-state index in [9.17, 15) is 0 Å². The van der Waals surface area contributed by atoms with Crippen molar-refractivity contribution >= 4 is 0 Å².